The second kappa shape index (κ2) is 7.99. The van der Waals surface area contributed by atoms with Gasteiger partial charge in [-0.2, -0.15) is 0 Å². The first-order valence-electron chi connectivity index (χ1n) is 9.39. The highest BCUT2D eigenvalue weighted by atomic mass is 16.5. The number of hydrogen-bond acceptors (Lipinski definition) is 4. The maximum absolute atomic E-state index is 13.4. The summed E-state index contributed by atoms with van der Waals surface area (Å²) in [6.45, 7) is 6.01. The van der Waals surface area contributed by atoms with Crippen molar-refractivity contribution in [1.29, 1.82) is 0 Å². The fraction of sp³-hybridized carbons (Fsp3) is 0.304. The summed E-state index contributed by atoms with van der Waals surface area (Å²) in [7, 11) is 3.08. The van der Waals surface area contributed by atoms with E-state index in [-0.39, 0.29) is 18.0 Å². The first kappa shape index (κ1) is 20.5. The standard InChI is InChI=1S/C23H26N2O4/c1-23(2,3)25(22(27)16-11-18(28-4)13-19(12-16)29-5)14-17-10-15-8-6-7-9-20(15)24-21(17)26/h6-13H,14H2,1-5H3,(H,24,26). The smallest absolute Gasteiger partial charge is 0.254 e. The molecule has 3 aromatic rings. The number of carbonyl (C=O) groups excluding carboxylic acids is 1. The molecule has 0 fully saturated rings. The first-order chi connectivity index (χ1) is 13.7. The Bertz CT molecular complexity index is 1070. The predicted molar refractivity (Wildman–Crippen MR) is 114 cm³/mol. The van der Waals surface area contributed by atoms with Gasteiger partial charge in [0, 0.05) is 28.2 Å². The van der Waals surface area contributed by atoms with Crippen molar-refractivity contribution < 1.29 is 14.3 Å². The summed E-state index contributed by atoms with van der Waals surface area (Å²) >= 11 is 0. The number of aromatic amines is 1. The lowest BCUT2D eigenvalue weighted by Crippen LogP contribution is -2.46. The van der Waals surface area contributed by atoms with Gasteiger partial charge in [-0.25, -0.2) is 0 Å². The van der Waals surface area contributed by atoms with Crippen molar-refractivity contribution in [2.75, 3.05) is 14.2 Å². The summed E-state index contributed by atoms with van der Waals surface area (Å²) in [5.41, 5.74) is 1.03. The third-order valence-corrected chi connectivity index (χ3v) is 4.81. The highest BCUT2D eigenvalue weighted by molar-refractivity contribution is 5.95. The topological polar surface area (TPSA) is 71.6 Å². The molecular weight excluding hydrogens is 368 g/mol. The van der Waals surface area contributed by atoms with Crippen LogP contribution in [0.1, 0.15) is 36.7 Å². The predicted octanol–water partition coefficient (Wildman–Crippen LogP) is 3.99. The third kappa shape index (κ3) is 4.42. The molecule has 152 valence electrons. The molecule has 3 rings (SSSR count). The number of aromatic nitrogens is 1. The molecule has 1 aromatic heterocycles. The minimum absolute atomic E-state index is 0.183. The molecule has 0 aliphatic carbocycles. The van der Waals surface area contributed by atoms with Crippen LogP contribution < -0.4 is 15.0 Å². The molecule has 0 radical (unpaired) electrons. The number of amides is 1. The SMILES string of the molecule is COc1cc(OC)cc(C(=O)N(Cc2cc3ccccc3[nH]c2=O)C(C)(C)C)c1. The van der Waals surface area contributed by atoms with E-state index in [0.29, 0.717) is 22.6 Å². The van der Waals surface area contributed by atoms with Gasteiger partial charge < -0.3 is 19.4 Å². The van der Waals surface area contributed by atoms with Gasteiger partial charge in [0.05, 0.1) is 20.8 Å². The Morgan fingerprint density at radius 3 is 2.21 bits per heavy atom. The molecular formula is C23H26N2O4. The molecule has 29 heavy (non-hydrogen) atoms. The number of carbonyl (C=O) groups is 1. The monoisotopic (exact) mass is 394 g/mol. The lowest BCUT2D eigenvalue weighted by Gasteiger charge is -2.36. The molecule has 0 unspecified atom stereocenters. The normalized spacial score (nSPS) is 11.3. The van der Waals surface area contributed by atoms with E-state index in [1.54, 1.807) is 37.3 Å². The second-order valence-electron chi connectivity index (χ2n) is 7.87. The zero-order chi connectivity index (χ0) is 21.2. The number of ether oxygens (including phenoxy) is 2. The van der Waals surface area contributed by atoms with Crippen molar-refractivity contribution >= 4 is 16.8 Å². The van der Waals surface area contributed by atoms with Crippen LogP contribution in [0.25, 0.3) is 10.9 Å². The summed E-state index contributed by atoms with van der Waals surface area (Å²) in [4.78, 5) is 30.6. The molecule has 6 heteroatoms. The summed E-state index contributed by atoms with van der Waals surface area (Å²) < 4.78 is 10.6. The van der Waals surface area contributed by atoms with E-state index in [1.165, 1.54) is 0 Å². The average molecular weight is 394 g/mol. The molecule has 0 bridgehead atoms. The number of benzene rings is 2. The van der Waals surface area contributed by atoms with Crippen molar-refractivity contribution in [3.8, 4) is 11.5 Å². The van der Waals surface area contributed by atoms with Crippen LogP contribution in [0.3, 0.4) is 0 Å². The van der Waals surface area contributed by atoms with Crippen LogP contribution in [0.15, 0.2) is 53.3 Å². The van der Waals surface area contributed by atoms with Gasteiger partial charge in [-0.1, -0.05) is 18.2 Å². The van der Waals surface area contributed by atoms with Gasteiger partial charge >= 0.3 is 0 Å². The van der Waals surface area contributed by atoms with Gasteiger partial charge in [0.2, 0.25) is 0 Å². The fourth-order valence-electron chi connectivity index (χ4n) is 3.18. The van der Waals surface area contributed by atoms with Crippen LogP contribution in [0.4, 0.5) is 0 Å². The van der Waals surface area contributed by atoms with E-state index in [4.69, 9.17) is 9.47 Å². The Kier molecular flexibility index (Phi) is 5.64. The fourth-order valence-corrected chi connectivity index (χ4v) is 3.18. The Morgan fingerprint density at radius 1 is 1.00 bits per heavy atom. The largest absolute Gasteiger partial charge is 0.497 e. The van der Waals surface area contributed by atoms with Crippen LogP contribution in [0.2, 0.25) is 0 Å². The Morgan fingerprint density at radius 2 is 1.62 bits per heavy atom. The van der Waals surface area contributed by atoms with Crippen LogP contribution in [-0.4, -0.2) is 35.5 Å². The first-order valence-corrected chi connectivity index (χ1v) is 9.39. The van der Waals surface area contributed by atoms with Crippen molar-refractivity contribution in [2.45, 2.75) is 32.9 Å². The number of para-hydroxylation sites is 1. The van der Waals surface area contributed by atoms with Crippen LogP contribution in [-0.2, 0) is 6.54 Å². The van der Waals surface area contributed by atoms with E-state index < -0.39 is 5.54 Å². The summed E-state index contributed by atoms with van der Waals surface area (Å²) in [5.74, 6) is 0.859. The minimum Gasteiger partial charge on any atom is -0.497 e. The van der Waals surface area contributed by atoms with Gasteiger partial charge in [0.1, 0.15) is 11.5 Å². The Hall–Kier alpha value is -3.28. The van der Waals surface area contributed by atoms with E-state index in [1.807, 2.05) is 51.1 Å². The Labute approximate surface area is 170 Å². The van der Waals surface area contributed by atoms with E-state index >= 15 is 0 Å². The van der Waals surface area contributed by atoms with E-state index in [9.17, 15) is 9.59 Å². The second-order valence-corrected chi connectivity index (χ2v) is 7.87. The lowest BCUT2D eigenvalue weighted by molar-refractivity contribution is 0.0557. The molecule has 1 N–H and O–H groups in total. The van der Waals surface area contributed by atoms with Gasteiger partial charge in [0.15, 0.2) is 0 Å². The van der Waals surface area contributed by atoms with Crippen molar-refractivity contribution in [3.63, 3.8) is 0 Å². The highest BCUT2D eigenvalue weighted by Gasteiger charge is 2.29. The van der Waals surface area contributed by atoms with Gasteiger partial charge in [-0.15, -0.1) is 0 Å². The van der Waals surface area contributed by atoms with Crippen molar-refractivity contribution in [2.24, 2.45) is 0 Å². The molecule has 1 heterocycles. The maximum Gasteiger partial charge on any atom is 0.254 e. The number of hydrogen-bond donors (Lipinski definition) is 1. The number of nitrogens with one attached hydrogen (secondary N) is 1. The highest BCUT2D eigenvalue weighted by Crippen LogP contribution is 2.26. The molecule has 0 aliphatic rings. The number of nitrogens with zero attached hydrogens (tertiary/aromatic N) is 1. The van der Waals surface area contributed by atoms with Gasteiger partial charge in [-0.3, -0.25) is 9.59 Å². The molecule has 6 nitrogen and oxygen atoms in total. The van der Waals surface area contributed by atoms with Crippen molar-refractivity contribution in [3.05, 3.63) is 70.0 Å². The van der Waals surface area contributed by atoms with Gasteiger partial charge in [0.25, 0.3) is 11.5 Å². The molecule has 0 saturated heterocycles. The number of pyridine rings is 1. The summed E-state index contributed by atoms with van der Waals surface area (Å²) in [6, 6.07) is 14.5. The van der Waals surface area contributed by atoms with E-state index in [0.717, 1.165) is 10.9 Å². The number of rotatable bonds is 5. The molecule has 0 aliphatic heterocycles. The average Bonchev–Trinajstić information content (AvgIpc) is 2.70. The third-order valence-electron chi connectivity index (χ3n) is 4.81. The minimum atomic E-state index is -0.508. The molecule has 0 spiro atoms. The zero-order valence-electron chi connectivity index (χ0n) is 17.4. The van der Waals surface area contributed by atoms with Crippen LogP contribution in [0, 0.1) is 0 Å². The maximum atomic E-state index is 13.4. The number of fused-ring (bicyclic) bond motifs is 1. The summed E-state index contributed by atoms with van der Waals surface area (Å²) in [6.07, 6.45) is 0. The zero-order valence-corrected chi connectivity index (χ0v) is 17.4. The van der Waals surface area contributed by atoms with Crippen LogP contribution >= 0.6 is 0 Å². The quantitative estimate of drug-likeness (QED) is 0.710. The number of H-pyrrole nitrogens is 1. The number of methoxy groups -OCH3 is 2. The molecule has 0 atom stereocenters. The lowest BCUT2D eigenvalue weighted by atomic mass is 10.0. The van der Waals surface area contributed by atoms with E-state index in [2.05, 4.69) is 4.98 Å². The Balaban J connectivity index is 2.03. The van der Waals surface area contributed by atoms with Crippen molar-refractivity contribution in [1.82, 2.24) is 9.88 Å². The molecule has 2 aromatic carbocycles. The summed E-state index contributed by atoms with van der Waals surface area (Å²) in [5, 5.41) is 0.923. The van der Waals surface area contributed by atoms with Gasteiger partial charge in [-0.05, 0) is 50.4 Å². The molecule has 0 saturated carbocycles. The van der Waals surface area contributed by atoms with Crippen LogP contribution in [0.5, 0.6) is 11.5 Å². The molecule has 1 amide bonds.